The van der Waals surface area contributed by atoms with Crippen molar-refractivity contribution in [2.75, 3.05) is 6.54 Å². The third-order valence-electron chi connectivity index (χ3n) is 6.48. The van der Waals surface area contributed by atoms with Crippen molar-refractivity contribution >= 4 is 11.6 Å². The smallest absolute Gasteiger partial charge is 0.274 e. The van der Waals surface area contributed by atoms with Crippen LogP contribution in [0, 0.1) is 0 Å². The number of rotatable bonds is 5. The third-order valence-corrected chi connectivity index (χ3v) is 6.48. The van der Waals surface area contributed by atoms with Gasteiger partial charge in [-0.05, 0) is 57.9 Å². The minimum atomic E-state index is -0.125. The highest BCUT2D eigenvalue weighted by Gasteiger charge is 2.35. The molecule has 0 unspecified atom stereocenters. The van der Waals surface area contributed by atoms with E-state index >= 15 is 0 Å². The topological polar surface area (TPSA) is 59.7 Å². The van der Waals surface area contributed by atoms with Crippen LogP contribution in [-0.2, 0) is 11.3 Å². The van der Waals surface area contributed by atoms with Crippen LogP contribution in [0.4, 0.5) is 0 Å². The summed E-state index contributed by atoms with van der Waals surface area (Å²) in [5, 5.41) is 4.68. The van der Waals surface area contributed by atoms with E-state index in [1.54, 1.807) is 0 Å². The van der Waals surface area contributed by atoms with Gasteiger partial charge in [0.25, 0.3) is 5.91 Å². The lowest BCUT2D eigenvalue weighted by atomic mass is 9.90. The molecule has 1 aliphatic carbocycles. The molecular formula is C23H34N4O2. The largest absolute Gasteiger partial charge is 0.372 e. The van der Waals surface area contributed by atoms with Gasteiger partial charge in [0.1, 0.15) is 0 Å². The normalized spacial score (nSPS) is 20.1. The van der Waals surface area contributed by atoms with E-state index in [1.807, 2.05) is 15.5 Å². The van der Waals surface area contributed by atoms with Crippen LogP contribution in [0.1, 0.15) is 100 Å². The Morgan fingerprint density at radius 3 is 2.66 bits per heavy atom. The Morgan fingerprint density at radius 2 is 1.97 bits per heavy atom. The number of piperidine rings is 1. The van der Waals surface area contributed by atoms with Crippen LogP contribution in [0.2, 0.25) is 0 Å². The lowest BCUT2D eigenvalue weighted by molar-refractivity contribution is 0.0426. The minimum Gasteiger partial charge on any atom is -0.372 e. The van der Waals surface area contributed by atoms with Crippen LogP contribution >= 0.6 is 0 Å². The summed E-state index contributed by atoms with van der Waals surface area (Å²) in [5.74, 6) is 0.290. The number of amides is 1. The highest BCUT2D eigenvalue weighted by atomic mass is 16.5. The molecule has 1 saturated carbocycles. The van der Waals surface area contributed by atoms with E-state index in [1.165, 1.54) is 19.3 Å². The quantitative estimate of drug-likeness (QED) is 0.731. The number of ether oxygens (including phenoxy) is 1. The lowest BCUT2D eigenvalue weighted by Gasteiger charge is -2.42. The van der Waals surface area contributed by atoms with Crippen LogP contribution in [0.3, 0.4) is 0 Å². The predicted molar refractivity (Wildman–Crippen MR) is 113 cm³/mol. The molecule has 4 rings (SSSR count). The Morgan fingerprint density at radius 1 is 1.21 bits per heavy atom. The van der Waals surface area contributed by atoms with Crippen molar-refractivity contribution in [1.82, 2.24) is 19.5 Å². The van der Waals surface area contributed by atoms with E-state index in [9.17, 15) is 4.79 Å². The Hall–Kier alpha value is -1.95. The van der Waals surface area contributed by atoms with Gasteiger partial charge in [-0.15, -0.1) is 0 Å². The summed E-state index contributed by atoms with van der Waals surface area (Å²) in [6, 6.07) is 3.93. The molecule has 2 aliphatic rings. The van der Waals surface area contributed by atoms with Crippen molar-refractivity contribution in [3.63, 3.8) is 0 Å². The van der Waals surface area contributed by atoms with Crippen LogP contribution in [0.5, 0.6) is 0 Å². The molecule has 2 fully saturated rings. The Labute approximate surface area is 173 Å². The van der Waals surface area contributed by atoms with Gasteiger partial charge < -0.3 is 9.64 Å². The van der Waals surface area contributed by atoms with E-state index < -0.39 is 0 Å². The third kappa shape index (κ3) is 4.18. The second-order valence-corrected chi connectivity index (χ2v) is 9.57. The standard InChI is InChI=1S/C23H34N4O2/c1-16(2)20-13-17(15-29-18-9-5-6-10-18)24-21-14-19(25-27(20)21)22(28)26-12-8-7-11-23(26,3)4/h13-14,16,18H,5-12,15H2,1-4H3. The van der Waals surface area contributed by atoms with Gasteiger partial charge in [0.15, 0.2) is 11.3 Å². The molecule has 1 aliphatic heterocycles. The summed E-state index contributed by atoms with van der Waals surface area (Å²) in [7, 11) is 0. The van der Waals surface area contributed by atoms with E-state index in [2.05, 4.69) is 38.9 Å². The molecule has 3 heterocycles. The highest BCUT2D eigenvalue weighted by Crippen LogP contribution is 2.29. The fraction of sp³-hybridized carbons (Fsp3) is 0.696. The van der Waals surface area contributed by atoms with Gasteiger partial charge in [-0.3, -0.25) is 4.79 Å². The van der Waals surface area contributed by atoms with E-state index in [4.69, 9.17) is 9.72 Å². The van der Waals surface area contributed by atoms with Gasteiger partial charge >= 0.3 is 0 Å². The summed E-state index contributed by atoms with van der Waals surface area (Å²) in [5.41, 5.74) is 3.09. The van der Waals surface area contributed by atoms with Gasteiger partial charge in [0, 0.05) is 23.8 Å². The molecule has 6 nitrogen and oxygen atoms in total. The summed E-state index contributed by atoms with van der Waals surface area (Å²) in [4.78, 5) is 20.0. The number of aromatic nitrogens is 3. The summed E-state index contributed by atoms with van der Waals surface area (Å²) < 4.78 is 7.92. The van der Waals surface area contributed by atoms with Crippen molar-refractivity contribution in [3.8, 4) is 0 Å². The molecule has 0 atom stereocenters. The first-order valence-electron chi connectivity index (χ1n) is 11.2. The van der Waals surface area contributed by atoms with Crippen molar-refractivity contribution in [2.45, 2.75) is 96.8 Å². The highest BCUT2D eigenvalue weighted by molar-refractivity contribution is 5.94. The average Bonchev–Trinajstić information content (AvgIpc) is 3.34. The average molecular weight is 399 g/mol. The van der Waals surface area contributed by atoms with Crippen molar-refractivity contribution in [2.24, 2.45) is 0 Å². The van der Waals surface area contributed by atoms with Crippen LogP contribution in [0.15, 0.2) is 12.1 Å². The summed E-state index contributed by atoms with van der Waals surface area (Å²) in [6.45, 7) is 9.91. The van der Waals surface area contributed by atoms with Crippen molar-refractivity contribution in [3.05, 3.63) is 29.2 Å². The predicted octanol–water partition coefficient (Wildman–Crippen LogP) is 4.72. The first kappa shape index (κ1) is 20.3. The minimum absolute atomic E-state index is 0.0126. The summed E-state index contributed by atoms with van der Waals surface area (Å²) >= 11 is 0. The van der Waals surface area contributed by atoms with Crippen molar-refractivity contribution in [1.29, 1.82) is 0 Å². The second-order valence-electron chi connectivity index (χ2n) is 9.57. The molecule has 2 aromatic heterocycles. The zero-order chi connectivity index (χ0) is 20.6. The fourth-order valence-electron chi connectivity index (χ4n) is 4.68. The number of fused-ring (bicyclic) bond motifs is 1. The molecule has 0 spiro atoms. The maximum atomic E-state index is 13.2. The molecule has 0 radical (unpaired) electrons. The van der Waals surface area contributed by atoms with Crippen LogP contribution in [-0.4, -0.2) is 43.6 Å². The van der Waals surface area contributed by atoms with Crippen molar-refractivity contribution < 1.29 is 9.53 Å². The van der Waals surface area contributed by atoms with Gasteiger partial charge in [0.2, 0.25) is 0 Å². The van der Waals surface area contributed by atoms with Crippen LogP contribution in [0.25, 0.3) is 5.65 Å². The van der Waals surface area contributed by atoms with Gasteiger partial charge in [-0.25, -0.2) is 9.50 Å². The Balaban J connectivity index is 1.63. The zero-order valence-corrected chi connectivity index (χ0v) is 18.3. The molecule has 0 N–H and O–H groups in total. The van der Waals surface area contributed by atoms with Gasteiger partial charge in [-0.2, -0.15) is 5.10 Å². The Kier molecular flexibility index (Phi) is 5.65. The second kappa shape index (κ2) is 8.05. The molecule has 1 saturated heterocycles. The molecule has 2 aromatic rings. The fourth-order valence-corrected chi connectivity index (χ4v) is 4.68. The number of likely N-dealkylation sites (tertiary alicyclic amines) is 1. The van der Waals surface area contributed by atoms with Crippen LogP contribution < -0.4 is 0 Å². The number of hydrogen-bond donors (Lipinski definition) is 0. The molecule has 29 heavy (non-hydrogen) atoms. The molecule has 0 bridgehead atoms. The zero-order valence-electron chi connectivity index (χ0n) is 18.3. The summed E-state index contributed by atoms with van der Waals surface area (Å²) in [6.07, 6.45) is 8.44. The maximum absolute atomic E-state index is 13.2. The molecule has 6 heteroatoms. The molecule has 158 valence electrons. The van der Waals surface area contributed by atoms with E-state index in [-0.39, 0.29) is 17.4 Å². The molecule has 0 aromatic carbocycles. The SMILES string of the molecule is CC(C)c1cc(COC2CCCC2)nc2cc(C(=O)N3CCCCC3(C)C)nn12. The van der Waals surface area contributed by atoms with Gasteiger partial charge in [0.05, 0.1) is 18.4 Å². The Bertz CT molecular complexity index is 880. The molecular weight excluding hydrogens is 364 g/mol. The van der Waals surface area contributed by atoms with E-state index in [0.29, 0.717) is 18.4 Å². The lowest BCUT2D eigenvalue weighted by Crippen LogP contribution is -2.50. The van der Waals surface area contributed by atoms with Gasteiger partial charge in [-0.1, -0.05) is 26.7 Å². The van der Waals surface area contributed by atoms with E-state index in [0.717, 1.165) is 49.3 Å². The first-order valence-corrected chi connectivity index (χ1v) is 11.2. The number of carbonyl (C=O) groups is 1. The number of nitrogens with zero attached hydrogens (tertiary/aromatic N) is 4. The number of hydrogen-bond acceptors (Lipinski definition) is 4. The monoisotopic (exact) mass is 398 g/mol. The first-order chi connectivity index (χ1) is 13.8. The maximum Gasteiger partial charge on any atom is 0.274 e. The molecule has 1 amide bonds. The number of carbonyl (C=O) groups excluding carboxylic acids is 1.